The molecule has 0 bridgehead atoms. The number of aromatic nitrogens is 1. The molecule has 1 aromatic heterocycles. The van der Waals surface area contributed by atoms with Gasteiger partial charge in [0.2, 0.25) is 0 Å². The summed E-state index contributed by atoms with van der Waals surface area (Å²) in [5, 5.41) is 10.6. The number of carbonyl (C=O) groups is 1. The molecule has 0 radical (unpaired) electrons. The second kappa shape index (κ2) is 7.80. The summed E-state index contributed by atoms with van der Waals surface area (Å²) in [6, 6.07) is 6.26. The number of benzene rings is 2. The van der Waals surface area contributed by atoms with Crippen LogP contribution in [0.4, 0.5) is 24.5 Å². The number of carbonyl (C=O) groups excluding carboxylic acids is 1. The lowest BCUT2D eigenvalue weighted by Gasteiger charge is -2.15. The Labute approximate surface area is 166 Å². The van der Waals surface area contributed by atoms with Crippen molar-refractivity contribution in [2.45, 2.75) is 0 Å². The van der Waals surface area contributed by atoms with Crippen LogP contribution in [-0.4, -0.2) is 16.6 Å². The van der Waals surface area contributed by atoms with E-state index in [1.54, 1.807) is 0 Å². The van der Waals surface area contributed by atoms with Gasteiger partial charge in [0.1, 0.15) is 23.1 Å². The van der Waals surface area contributed by atoms with Gasteiger partial charge in [0, 0.05) is 11.8 Å². The summed E-state index contributed by atoms with van der Waals surface area (Å²) >= 11 is 6.08. The van der Waals surface area contributed by atoms with Crippen molar-refractivity contribution in [1.29, 1.82) is 5.41 Å². The maximum absolute atomic E-state index is 14.1. The molecule has 0 aliphatic carbocycles. The second-order valence-electron chi connectivity index (χ2n) is 5.87. The average molecular weight is 421 g/mol. The number of anilines is 2. The van der Waals surface area contributed by atoms with Gasteiger partial charge in [0.25, 0.3) is 11.5 Å². The average Bonchev–Trinajstić information content (AvgIpc) is 2.66. The van der Waals surface area contributed by atoms with Crippen LogP contribution < -0.4 is 16.6 Å². The largest absolute Gasteiger partial charge is 0.366 e. The van der Waals surface area contributed by atoms with Crippen molar-refractivity contribution in [1.82, 2.24) is 4.98 Å². The van der Waals surface area contributed by atoms with Gasteiger partial charge >= 0.3 is 0 Å². The van der Waals surface area contributed by atoms with Crippen LogP contribution >= 0.6 is 11.6 Å². The molecule has 3 aromatic rings. The predicted octanol–water partition coefficient (Wildman–Crippen LogP) is 3.70. The molecular formula is C19H12ClF3N4O2. The van der Waals surface area contributed by atoms with Gasteiger partial charge < -0.3 is 16.0 Å². The van der Waals surface area contributed by atoms with Crippen LogP contribution in [0.15, 0.2) is 47.4 Å². The fraction of sp³-hybridized carbons (Fsp3) is 0. The molecule has 1 heterocycles. The van der Waals surface area contributed by atoms with E-state index in [0.29, 0.717) is 0 Å². The van der Waals surface area contributed by atoms with E-state index in [-0.39, 0.29) is 21.8 Å². The first kappa shape index (κ1) is 20.2. The number of para-hydroxylation sites is 1. The van der Waals surface area contributed by atoms with Gasteiger partial charge in [0.05, 0.1) is 27.5 Å². The molecule has 3 rings (SSSR count). The topological polar surface area (TPSA) is 112 Å². The minimum Gasteiger partial charge on any atom is -0.366 e. The van der Waals surface area contributed by atoms with E-state index in [4.69, 9.17) is 22.7 Å². The number of pyridine rings is 1. The Balaban J connectivity index is 2.14. The third kappa shape index (κ3) is 3.85. The number of halogens is 4. The monoisotopic (exact) mass is 420 g/mol. The molecule has 0 aliphatic heterocycles. The number of aromatic amines is 1. The maximum atomic E-state index is 14.1. The summed E-state index contributed by atoms with van der Waals surface area (Å²) in [7, 11) is 0. The van der Waals surface area contributed by atoms with Crippen molar-refractivity contribution < 1.29 is 18.0 Å². The lowest BCUT2D eigenvalue weighted by Crippen LogP contribution is -2.21. The number of rotatable bonds is 5. The smallest absolute Gasteiger partial charge is 0.259 e. The van der Waals surface area contributed by atoms with E-state index < -0.39 is 45.9 Å². The summed E-state index contributed by atoms with van der Waals surface area (Å²) < 4.78 is 42.1. The number of nitrogens with one attached hydrogen (secondary N) is 3. The summed E-state index contributed by atoms with van der Waals surface area (Å²) in [4.78, 5) is 25.8. The third-order valence-corrected chi connectivity index (χ3v) is 4.33. The van der Waals surface area contributed by atoms with Crippen molar-refractivity contribution in [2.24, 2.45) is 5.73 Å². The Bertz CT molecular complexity index is 1190. The summed E-state index contributed by atoms with van der Waals surface area (Å²) in [6.45, 7) is 0. The van der Waals surface area contributed by atoms with E-state index in [0.717, 1.165) is 36.5 Å². The molecule has 0 saturated heterocycles. The van der Waals surface area contributed by atoms with Gasteiger partial charge in [-0.05, 0) is 24.3 Å². The molecule has 148 valence electrons. The van der Waals surface area contributed by atoms with Crippen molar-refractivity contribution in [3.05, 3.63) is 92.1 Å². The van der Waals surface area contributed by atoms with Gasteiger partial charge in [-0.2, -0.15) is 0 Å². The Hall–Kier alpha value is -3.59. The number of hydrogen-bond acceptors (Lipinski definition) is 4. The number of hydrogen-bond donors (Lipinski definition) is 4. The van der Waals surface area contributed by atoms with Crippen molar-refractivity contribution in [3.63, 3.8) is 0 Å². The molecule has 0 unspecified atom stereocenters. The minimum absolute atomic E-state index is 0.0858. The van der Waals surface area contributed by atoms with Crippen molar-refractivity contribution in [2.75, 3.05) is 5.32 Å². The fourth-order valence-corrected chi connectivity index (χ4v) is 2.82. The number of nitrogens with two attached hydrogens (primary N) is 1. The van der Waals surface area contributed by atoms with Gasteiger partial charge in [-0.3, -0.25) is 15.0 Å². The van der Waals surface area contributed by atoms with E-state index in [9.17, 15) is 22.8 Å². The number of H-pyrrole nitrogens is 1. The first-order valence-corrected chi connectivity index (χ1v) is 8.39. The molecule has 29 heavy (non-hydrogen) atoms. The van der Waals surface area contributed by atoms with E-state index in [1.165, 1.54) is 6.07 Å². The minimum atomic E-state index is -1.00. The first-order valence-electron chi connectivity index (χ1n) is 8.01. The van der Waals surface area contributed by atoms with Gasteiger partial charge in [-0.15, -0.1) is 0 Å². The fourth-order valence-electron chi connectivity index (χ4n) is 2.62. The molecule has 1 amide bonds. The highest BCUT2D eigenvalue weighted by Gasteiger charge is 2.21. The zero-order chi connectivity index (χ0) is 21.3. The summed E-state index contributed by atoms with van der Waals surface area (Å²) in [6.07, 6.45) is 1.08. The maximum Gasteiger partial charge on any atom is 0.259 e. The zero-order valence-corrected chi connectivity index (χ0v) is 15.2. The zero-order valence-electron chi connectivity index (χ0n) is 14.4. The Morgan fingerprint density at radius 2 is 1.72 bits per heavy atom. The van der Waals surface area contributed by atoms with Gasteiger partial charge in [0.15, 0.2) is 0 Å². The van der Waals surface area contributed by atoms with Crippen LogP contribution in [0.5, 0.6) is 0 Å². The van der Waals surface area contributed by atoms with Crippen LogP contribution in [0.2, 0.25) is 5.02 Å². The Kier molecular flexibility index (Phi) is 5.42. The van der Waals surface area contributed by atoms with Crippen LogP contribution in [-0.2, 0) is 0 Å². The molecule has 10 heteroatoms. The van der Waals surface area contributed by atoms with Crippen molar-refractivity contribution in [3.8, 4) is 0 Å². The molecule has 0 aliphatic rings. The quantitative estimate of drug-likeness (QED) is 0.472. The highest BCUT2D eigenvalue weighted by Crippen LogP contribution is 2.31. The molecular weight excluding hydrogens is 409 g/mol. The molecule has 0 spiro atoms. The van der Waals surface area contributed by atoms with E-state index >= 15 is 0 Å². The van der Waals surface area contributed by atoms with Crippen LogP contribution in [0.25, 0.3) is 0 Å². The van der Waals surface area contributed by atoms with E-state index in [2.05, 4.69) is 10.3 Å². The molecule has 6 nitrogen and oxygen atoms in total. The van der Waals surface area contributed by atoms with Crippen LogP contribution in [0.1, 0.15) is 21.5 Å². The van der Waals surface area contributed by atoms with E-state index in [1.807, 2.05) is 0 Å². The van der Waals surface area contributed by atoms with Gasteiger partial charge in [-0.1, -0.05) is 23.7 Å². The molecule has 2 aromatic carbocycles. The highest BCUT2D eigenvalue weighted by molar-refractivity contribution is 6.34. The summed E-state index contributed by atoms with van der Waals surface area (Å²) in [5.74, 6) is -3.89. The SMILES string of the molecule is N=C(c1ccc(C(N)=O)c(F)c1)c1c(Nc2c(F)cccc2F)c(Cl)c[nH]c1=O. The normalized spacial score (nSPS) is 10.6. The Morgan fingerprint density at radius 1 is 1.07 bits per heavy atom. The predicted molar refractivity (Wildman–Crippen MR) is 103 cm³/mol. The number of amides is 1. The number of primary amides is 1. The summed E-state index contributed by atoms with van der Waals surface area (Å²) in [5.41, 5.74) is 2.05. The molecule has 0 saturated carbocycles. The molecule has 5 N–H and O–H groups in total. The van der Waals surface area contributed by atoms with Crippen LogP contribution in [0, 0.1) is 22.9 Å². The van der Waals surface area contributed by atoms with Gasteiger partial charge in [-0.25, -0.2) is 13.2 Å². The lowest BCUT2D eigenvalue weighted by molar-refractivity contribution is 0.0996. The second-order valence-corrected chi connectivity index (χ2v) is 6.28. The first-order chi connectivity index (χ1) is 13.7. The highest BCUT2D eigenvalue weighted by atomic mass is 35.5. The lowest BCUT2D eigenvalue weighted by atomic mass is 10.00. The van der Waals surface area contributed by atoms with Crippen molar-refractivity contribution >= 4 is 34.6 Å². The standard InChI is InChI=1S/C19H12ClF3N4O2/c20-10-7-26-19(29)14(16(10)27-17-11(21)2-1-3-12(17)22)15(24)8-4-5-9(18(25)28)13(23)6-8/h1-7,24H,(H2,25,28)(H2,26,27,29). The Morgan fingerprint density at radius 3 is 2.31 bits per heavy atom. The molecule has 0 fully saturated rings. The molecule has 0 atom stereocenters. The third-order valence-electron chi connectivity index (χ3n) is 4.03. The van der Waals surface area contributed by atoms with Crippen LogP contribution in [0.3, 0.4) is 0 Å².